The zero-order valence-electron chi connectivity index (χ0n) is 7.95. The number of nitrogens with one attached hydrogen (secondary N) is 1. The molecular weight excluding hydrogens is 170 g/mol. The van der Waals surface area contributed by atoms with Crippen molar-refractivity contribution in [3.8, 4) is 0 Å². The Kier molecular flexibility index (Phi) is 3.98. The molecule has 0 bridgehead atoms. The van der Waals surface area contributed by atoms with Crippen LogP contribution in [0, 0.1) is 0 Å². The molecule has 13 heavy (non-hydrogen) atoms. The molecule has 0 aromatic rings. The molecule has 0 spiro atoms. The summed E-state index contributed by atoms with van der Waals surface area (Å²) in [6.07, 6.45) is -0.215. The van der Waals surface area contributed by atoms with Gasteiger partial charge in [0.1, 0.15) is 0 Å². The summed E-state index contributed by atoms with van der Waals surface area (Å²) in [5.41, 5.74) is 5.33. The first-order chi connectivity index (χ1) is 6.27. The van der Waals surface area contributed by atoms with Gasteiger partial charge in [-0.15, -0.1) is 0 Å². The zero-order valence-corrected chi connectivity index (χ0v) is 7.95. The van der Waals surface area contributed by atoms with Gasteiger partial charge in [0.15, 0.2) is 0 Å². The van der Waals surface area contributed by atoms with E-state index in [1.165, 1.54) is 0 Å². The maximum Gasteiger partial charge on any atom is 0.409 e. The molecule has 3 N–H and O–H groups in total. The van der Waals surface area contributed by atoms with Gasteiger partial charge in [0.25, 0.3) is 0 Å². The molecule has 0 radical (unpaired) electrons. The van der Waals surface area contributed by atoms with Crippen LogP contribution in [0.5, 0.6) is 0 Å². The summed E-state index contributed by atoms with van der Waals surface area (Å²) < 4.78 is 4.83. The Labute approximate surface area is 78.2 Å². The summed E-state index contributed by atoms with van der Waals surface area (Å²) in [5.74, 6) is 0. The third kappa shape index (κ3) is 2.86. The number of ether oxygens (including phenoxy) is 1. The van der Waals surface area contributed by atoms with Crippen LogP contribution >= 0.6 is 0 Å². The van der Waals surface area contributed by atoms with Crippen molar-refractivity contribution in [1.29, 1.82) is 0 Å². The smallest absolute Gasteiger partial charge is 0.409 e. The van der Waals surface area contributed by atoms with Crippen LogP contribution in [-0.4, -0.2) is 49.8 Å². The van der Waals surface area contributed by atoms with Crippen molar-refractivity contribution in [2.24, 2.45) is 5.73 Å². The van der Waals surface area contributed by atoms with Crippen LogP contribution in [0.1, 0.15) is 6.92 Å². The van der Waals surface area contributed by atoms with E-state index in [4.69, 9.17) is 10.5 Å². The van der Waals surface area contributed by atoms with Gasteiger partial charge in [-0.2, -0.15) is 0 Å². The summed E-state index contributed by atoms with van der Waals surface area (Å²) >= 11 is 0. The molecule has 76 valence electrons. The topological polar surface area (TPSA) is 67.6 Å². The largest absolute Gasteiger partial charge is 0.450 e. The highest BCUT2D eigenvalue weighted by Crippen LogP contribution is 2.08. The van der Waals surface area contributed by atoms with Crippen LogP contribution in [0.4, 0.5) is 4.79 Å². The molecule has 0 saturated carbocycles. The van der Waals surface area contributed by atoms with Crippen molar-refractivity contribution in [2.75, 3.05) is 32.8 Å². The van der Waals surface area contributed by atoms with Crippen LogP contribution in [-0.2, 0) is 4.74 Å². The highest BCUT2D eigenvalue weighted by atomic mass is 16.6. The highest BCUT2D eigenvalue weighted by molar-refractivity contribution is 5.68. The predicted octanol–water partition coefficient (Wildman–Crippen LogP) is -0.625. The van der Waals surface area contributed by atoms with E-state index in [1.807, 2.05) is 6.92 Å². The second-order valence-electron chi connectivity index (χ2n) is 3.04. The molecule has 1 fully saturated rings. The number of nitrogens with zero attached hydrogens (tertiary/aromatic N) is 1. The van der Waals surface area contributed by atoms with E-state index in [0.717, 1.165) is 19.6 Å². The highest BCUT2D eigenvalue weighted by Gasteiger charge is 2.30. The fraction of sp³-hybridized carbons (Fsp3) is 0.875. The first-order valence-corrected chi connectivity index (χ1v) is 4.63. The van der Waals surface area contributed by atoms with Crippen molar-refractivity contribution < 1.29 is 9.53 Å². The fourth-order valence-electron chi connectivity index (χ4n) is 1.26. The quantitative estimate of drug-likeness (QED) is 0.615. The zero-order chi connectivity index (χ0) is 9.68. The lowest BCUT2D eigenvalue weighted by Crippen LogP contribution is -2.60. The van der Waals surface area contributed by atoms with E-state index >= 15 is 0 Å². The number of amides is 1. The number of rotatable bonds is 4. The predicted molar refractivity (Wildman–Crippen MR) is 49.4 cm³/mol. The third-order valence-electron chi connectivity index (χ3n) is 1.98. The number of nitrogens with two attached hydrogens (primary N) is 1. The van der Waals surface area contributed by atoms with Gasteiger partial charge in [-0.05, 0) is 6.92 Å². The number of carbonyl (C=O) groups excluding carboxylic acids is 1. The number of hydrogen-bond acceptors (Lipinski definition) is 4. The van der Waals surface area contributed by atoms with E-state index in [1.54, 1.807) is 4.90 Å². The number of likely N-dealkylation sites (tertiary alicyclic amines) is 1. The minimum atomic E-state index is -0.215. The molecule has 0 aromatic carbocycles. The van der Waals surface area contributed by atoms with Gasteiger partial charge in [0.2, 0.25) is 0 Å². The third-order valence-corrected chi connectivity index (χ3v) is 1.98. The average Bonchev–Trinajstić information content (AvgIpc) is 2.02. The van der Waals surface area contributed by atoms with Crippen molar-refractivity contribution in [3.63, 3.8) is 0 Å². The summed E-state index contributed by atoms with van der Waals surface area (Å²) in [6.45, 7) is 5.16. The summed E-state index contributed by atoms with van der Waals surface area (Å²) in [4.78, 5) is 12.8. The van der Waals surface area contributed by atoms with Crippen LogP contribution in [0.3, 0.4) is 0 Å². The standard InChI is InChI=1S/C8H17N3O2/c1-2-13-8(12)11-5-7(6-11)10-4-3-9/h7,10H,2-6,9H2,1H3. The lowest BCUT2D eigenvalue weighted by Gasteiger charge is -2.38. The lowest BCUT2D eigenvalue weighted by atomic mass is 10.1. The minimum Gasteiger partial charge on any atom is -0.450 e. The van der Waals surface area contributed by atoms with Crippen molar-refractivity contribution >= 4 is 6.09 Å². The number of hydrogen-bond donors (Lipinski definition) is 2. The molecular formula is C8H17N3O2. The van der Waals surface area contributed by atoms with Gasteiger partial charge >= 0.3 is 6.09 Å². The summed E-state index contributed by atoms with van der Waals surface area (Å²) in [5, 5.41) is 3.22. The maximum absolute atomic E-state index is 11.1. The van der Waals surface area contributed by atoms with E-state index in [9.17, 15) is 4.79 Å². The molecule has 0 unspecified atom stereocenters. The molecule has 5 nitrogen and oxygen atoms in total. The molecule has 1 saturated heterocycles. The molecule has 1 aliphatic heterocycles. The second-order valence-corrected chi connectivity index (χ2v) is 3.04. The van der Waals surface area contributed by atoms with E-state index in [0.29, 0.717) is 19.2 Å². The Morgan fingerprint density at radius 2 is 2.38 bits per heavy atom. The Bertz CT molecular complexity index is 169. The second kappa shape index (κ2) is 5.04. The minimum absolute atomic E-state index is 0.215. The monoisotopic (exact) mass is 187 g/mol. The van der Waals surface area contributed by atoms with Gasteiger partial charge in [-0.3, -0.25) is 0 Å². The maximum atomic E-state index is 11.1. The Balaban J connectivity index is 2.07. The first-order valence-electron chi connectivity index (χ1n) is 4.63. The van der Waals surface area contributed by atoms with Crippen LogP contribution in [0.15, 0.2) is 0 Å². The Morgan fingerprint density at radius 1 is 1.69 bits per heavy atom. The summed E-state index contributed by atoms with van der Waals surface area (Å²) in [7, 11) is 0. The molecule has 1 heterocycles. The van der Waals surface area contributed by atoms with Crippen molar-refractivity contribution in [2.45, 2.75) is 13.0 Å². The molecule has 1 amide bonds. The van der Waals surface area contributed by atoms with Crippen LogP contribution < -0.4 is 11.1 Å². The van der Waals surface area contributed by atoms with Crippen LogP contribution in [0.2, 0.25) is 0 Å². The molecule has 0 aromatic heterocycles. The lowest BCUT2D eigenvalue weighted by molar-refractivity contribution is 0.0688. The fourth-order valence-corrected chi connectivity index (χ4v) is 1.26. The normalized spacial score (nSPS) is 16.9. The van der Waals surface area contributed by atoms with Gasteiger partial charge in [-0.25, -0.2) is 4.79 Å². The average molecular weight is 187 g/mol. The van der Waals surface area contributed by atoms with Gasteiger partial charge in [0.05, 0.1) is 6.61 Å². The van der Waals surface area contributed by atoms with Crippen LogP contribution in [0.25, 0.3) is 0 Å². The van der Waals surface area contributed by atoms with E-state index in [-0.39, 0.29) is 6.09 Å². The molecule has 5 heteroatoms. The first kappa shape index (κ1) is 10.3. The Hall–Kier alpha value is -0.810. The van der Waals surface area contributed by atoms with Gasteiger partial charge < -0.3 is 20.7 Å². The van der Waals surface area contributed by atoms with E-state index < -0.39 is 0 Å². The van der Waals surface area contributed by atoms with E-state index in [2.05, 4.69) is 5.32 Å². The summed E-state index contributed by atoms with van der Waals surface area (Å²) in [6, 6.07) is 0.396. The van der Waals surface area contributed by atoms with Gasteiger partial charge in [0, 0.05) is 32.2 Å². The SMILES string of the molecule is CCOC(=O)N1CC(NCCN)C1. The molecule has 0 atom stereocenters. The van der Waals surface area contributed by atoms with Crippen molar-refractivity contribution in [1.82, 2.24) is 10.2 Å². The molecule has 1 aliphatic rings. The number of carbonyl (C=O) groups is 1. The molecule has 0 aliphatic carbocycles. The van der Waals surface area contributed by atoms with Gasteiger partial charge in [-0.1, -0.05) is 0 Å². The molecule has 1 rings (SSSR count). The van der Waals surface area contributed by atoms with Crippen molar-refractivity contribution in [3.05, 3.63) is 0 Å². The Morgan fingerprint density at radius 3 is 2.92 bits per heavy atom.